The zero-order valence-corrected chi connectivity index (χ0v) is 12.7. The molecule has 2 aromatic rings. The van der Waals surface area contributed by atoms with E-state index in [2.05, 4.69) is 18.2 Å². The lowest BCUT2D eigenvalue weighted by Gasteiger charge is -2.11. The number of para-hydroxylation sites is 1. The molecule has 1 saturated carbocycles. The highest BCUT2D eigenvalue weighted by Gasteiger charge is 2.35. The SMILES string of the molecule is N#CCC1CC1=C1c2ccc(CO)cc2COc2ccccc21. The van der Waals surface area contributed by atoms with Crippen LogP contribution in [-0.2, 0) is 13.2 Å². The summed E-state index contributed by atoms with van der Waals surface area (Å²) < 4.78 is 6.00. The fraction of sp³-hybridized carbons (Fsp3) is 0.250. The van der Waals surface area contributed by atoms with Gasteiger partial charge in [-0.2, -0.15) is 5.26 Å². The number of allylic oxidation sites excluding steroid dienone is 1. The molecular formula is C20H17NO2. The van der Waals surface area contributed by atoms with Crippen LogP contribution in [0.4, 0.5) is 0 Å². The molecule has 0 saturated heterocycles. The van der Waals surface area contributed by atoms with Gasteiger partial charge in [0.1, 0.15) is 12.4 Å². The third kappa shape index (κ3) is 2.42. The molecule has 114 valence electrons. The topological polar surface area (TPSA) is 53.2 Å². The van der Waals surface area contributed by atoms with E-state index in [9.17, 15) is 5.11 Å². The highest BCUT2D eigenvalue weighted by Crippen LogP contribution is 2.50. The minimum atomic E-state index is 0.0309. The number of fused-ring (bicyclic) bond motifs is 2. The zero-order valence-electron chi connectivity index (χ0n) is 12.7. The summed E-state index contributed by atoms with van der Waals surface area (Å²) in [5, 5.41) is 18.4. The van der Waals surface area contributed by atoms with E-state index < -0.39 is 0 Å². The summed E-state index contributed by atoms with van der Waals surface area (Å²) in [5.74, 6) is 1.26. The minimum absolute atomic E-state index is 0.0309. The number of benzene rings is 2. The number of rotatable bonds is 2. The van der Waals surface area contributed by atoms with Gasteiger partial charge in [0.2, 0.25) is 0 Å². The van der Waals surface area contributed by atoms with Gasteiger partial charge >= 0.3 is 0 Å². The third-order valence-electron chi connectivity index (χ3n) is 4.62. The molecule has 1 unspecified atom stereocenters. The van der Waals surface area contributed by atoms with Gasteiger partial charge in [0.15, 0.2) is 0 Å². The van der Waals surface area contributed by atoms with Crippen LogP contribution in [-0.4, -0.2) is 5.11 Å². The van der Waals surface area contributed by atoms with E-state index in [0.717, 1.165) is 28.9 Å². The average Bonchev–Trinajstić information content (AvgIpc) is 3.35. The van der Waals surface area contributed by atoms with Gasteiger partial charge in [0.05, 0.1) is 12.7 Å². The standard InChI is InChI=1S/C20H17NO2/c21-8-7-14-10-18(14)20-16-6-5-13(11-22)9-15(16)12-23-19-4-2-1-3-17(19)20/h1-6,9,14,22H,7,10-12H2. The second-order valence-corrected chi connectivity index (χ2v) is 6.10. The lowest BCUT2D eigenvalue weighted by Crippen LogP contribution is -1.97. The Morgan fingerprint density at radius 1 is 1.17 bits per heavy atom. The second kappa shape index (κ2) is 5.57. The van der Waals surface area contributed by atoms with Crippen LogP contribution in [0, 0.1) is 17.2 Å². The molecule has 1 N–H and O–H groups in total. The van der Waals surface area contributed by atoms with E-state index in [1.807, 2.05) is 30.3 Å². The molecule has 3 heteroatoms. The zero-order chi connectivity index (χ0) is 15.8. The maximum atomic E-state index is 9.39. The fourth-order valence-corrected chi connectivity index (χ4v) is 3.37. The van der Waals surface area contributed by atoms with Crippen LogP contribution in [0.3, 0.4) is 0 Å². The van der Waals surface area contributed by atoms with E-state index in [-0.39, 0.29) is 6.61 Å². The van der Waals surface area contributed by atoms with Gasteiger partial charge in [0, 0.05) is 12.0 Å². The Labute approximate surface area is 135 Å². The van der Waals surface area contributed by atoms with Crippen molar-refractivity contribution >= 4 is 5.57 Å². The predicted octanol–water partition coefficient (Wildman–Crippen LogP) is 3.81. The maximum absolute atomic E-state index is 9.39. The number of nitriles is 1. The number of aliphatic hydroxyl groups is 1. The van der Waals surface area contributed by atoms with E-state index in [0.29, 0.717) is 18.9 Å². The molecule has 1 aliphatic carbocycles. The Hall–Kier alpha value is -2.57. The summed E-state index contributed by atoms with van der Waals surface area (Å²) in [5.41, 5.74) is 6.84. The van der Waals surface area contributed by atoms with Gasteiger partial charge in [-0.3, -0.25) is 0 Å². The Bertz CT molecular complexity index is 845. The quantitative estimate of drug-likeness (QED) is 0.918. The molecule has 1 heterocycles. The van der Waals surface area contributed by atoms with Crippen molar-refractivity contribution in [3.63, 3.8) is 0 Å². The van der Waals surface area contributed by atoms with Crippen molar-refractivity contribution in [1.29, 1.82) is 5.26 Å². The highest BCUT2D eigenvalue weighted by molar-refractivity contribution is 5.89. The average molecular weight is 303 g/mol. The first kappa shape index (κ1) is 14.0. The molecule has 4 rings (SSSR count). The summed E-state index contributed by atoms with van der Waals surface area (Å²) in [4.78, 5) is 0. The van der Waals surface area contributed by atoms with Crippen molar-refractivity contribution in [2.75, 3.05) is 0 Å². The molecule has 1 fully saturated rings. The van der Waals surface area contributed by atoms with Crippen LogP contribution in [0.5, 0.6) is 5.75 Å². The molecule has 0 radical (unpaired) electrons. The molecule has 0 bridgehead atoms. The monoisotopic (exact) mass is 303 g/mol. The van der Waals surface area contributed by atoms with Crippen molar-refractivity contribution < 1.29 is 9.84 Å². The molecular weight excluding hydrogens is 286 g/mol. The summed E-state index contributed by atoms with van der Waals surface area (Å²) in [6.07, 6.45) is 1.56. The summed E-state index contributed by atoms with van der Waals surface area (Å²) in [6, 6.07) is 16.4. The van der Waals surface area contributed by atoms with E-state index in [1.54, 1.807) is 0 Å². The van der Waals surface area contributed by atoms with Gasteiger partial charge in [-0.25, -0.2) is 0 Å². The molecule has 1 aliphatic heterocycles. The van der Waals surface area contributed by atoms with Crippen molar-refractivity contribution in [2.45, 2.75) is 26.1 Å². The van der Waals surface area contributed by atoms with E-state index in [4.69, 9.17) is 10.00 Å². The van der Waals surface area contributed by atoms with Gasteiger partial charge in [0.25, 0.3) is 0 Å². The largest absolute Gasteiger partial charge is 0.488 e. The second-order valence-electron chi connectivity index (χ2n) is 6.10. The van der Waals surface area contributed by atoms with E-state index >= 15 is 0 Å². The molecule has 2 aromatic carbocycles. The summed E-state index contributed by atoms with van der Waals surface area (Å²) in [6.45, 7) is 0.531. The van der Waals surface area contributed by atoms with E-state index in [1.165, 1.54) is 16.7 Å². The molecule has 0 amide bonds. The molecule has 0 spiro atoms. The van der Waals surface area contributed by atoms with Gasteiger partial charge in [-0.05, 0) is 46.7 Å². The number of hydrogen-bond acceptors (Lipinski definition) is 3. The smallest absolute Gasteiger partial charge is 0.127 e. The van der Waals surface area contributed by atoms with Crippen molar-refractivity contribution in [1.82, 2.24) is 0 Å². The highest BCUT2D eigenvalue weighted by atomic mass is 16.5. The summed E-state index contributed by atoms with van der Waals surface area (Å²) in [7, 11) is 0. The van der Waals surface area contributed by atoms with Crippen molar-refractivity contribution in [3.8, 4) is 11.8 Å². The molecule has 0 aromatic heterocycles. The Morgan fingerprint density at radius 2 is 2.04 bits per heavy atom. The Kier molecular flexibility index (Phi) is 3.40. The van der Waals surface area contributed by atoms with Crippen molar-refractivity contribution in [2.24, 2.45) is 5.92 Å². The number of hydrogen-bond donors (Lipinski definition) is 1. The first-order chi connectivity index (χ1) is 11.3. The molecule has 2 aliphatic rings. The van der Waals surface area contributed by atoms with Crippen LogP contribution in [0.2, 0.25) is 0 Å². The number of nitrogens with zero attached hydrogens (tertiary/aromatic N) is 1. The normalized spacial score (nSPS) is 21.5. The van der Waals surface area contributed by atoms with Gasteiger partial charge in [-0.15, -0.1) is 0 Å². The first-order valence-electron chi connectivity index (χ1n) is 7.87. The van der Waals surface area contributed by atoms with Crippen LogP contribution in [0.15, 0.2) is 48.0 Å². The molecule has 23 heavy (non-hydrogen) atoms. The molecule has 1 atom stereocenters. The van der Waals surface area contributed by atoms with Crippen LogP contribution in [0.25, 0.3) is 5.57 Å². The first-order valence-corrected chi connectivity index (χ1v) is 7.87. The predicted molar refractivity (Wildman–Crippen MR) is 87.5 cm³/mol. The lowest BCUT2D eigenvalue weighted by atomic mass is 9.92. The van der Waals surface area contributed by atoms with Crippen LogP contribution in [0.1, 0.15) is 35.1 Å². The van der Waals surface area contributed by atoms with Crippen LogP contribution >= 0.6 is 0 Å². The number of ether oxygens (including phenoxy) is 1. The van der Waals surface area contributed by atoms with Gasteiger partial charge in [-0.1, -0.05) is 35.9 Å². The lowest BCUT2D eigenvalue weighted by molar-refractivity contribution is 0.280. The minimum Gasteiger partial charge on any atom is -0.488 e. The maximum Gasteiger partial charge on any atom is 0.127 e. The third-order valence-corrected chi connectivity index (χ3v) is 4.62. The van der Waals surface area contributed by atoms with Crippen molar-refractivity contribution in [3.05, 3.63) is 70.3 Å². The summed E-state index contributed by atoms with van der Waals surface area (Å²) >= 11 is 0. The fourth-order valence-electron chi connectivity index (χ4n) is 3.37. The Morgan fingerprint density at radius 3 is 2.87 bits per heavy atom. The van der Waals surface area contributed by atoms with Crippen LogP contribution < -0.4 is 4.74 Å². The Balaban J connectivity index is 1.92. The molecule has 3 nitrogen and oxygen atoms in total. The number of aliphatic hydroxyl groups excluding tert-OH is 1. The van der Waals surface area contributed by atoms with Gasteiger partial charge < -0.3 is 9.84 Å².